The van der Waals surface area contributed by atoms with Crippen LogP contribution in [-0.2, 0) is 16.6 Å². The summed E-state index contributed by atoms with van der Waals surface area (Å²) in [6, 6.07) is 18.8. The highest BCUT2D eigenvalue weighted by atomic mass is 32.2. The molecule has 0 atom stereocenters. The van der Waals surface area contributed by atoms with Crippen molar-refractivity contribution < 1.29 is 8.42 Å². The summed E-state index contributed by atoms with van der Waals surface area (Å²) >= 11 is 0. The number of likely N-dealkylation sites (N-methyl/N-ethyl adjacent to an activating group) is 1. The zero-order chi connectivity index (χ0) is 20.4. The van der Waals surface area contributed by atoms with Crippen LogP contribution in [0.25, 0.3) is 21.7 Å². The molecule has 0 radical (unpaired) electrons. The first-order valence-electron chi connectivity index (χ1n) is 9.44. The van der Waals surface area contributed by atoms with Crippen LogP contribution in [0.2, 0.25) is 0 Å². The van der Waals surface area contributed by atoms with Gasteiger partial charge in [-0.2, -0.15) is 8.42 Å². The van der Waals surface area contributed by atoms with Gasteiger partial charge in [-0.3, -0.25) is 9.44 Å². The van der Waals surface area contributed by atoms with Gasteiger partial charge in [-0.15, -0.1) is 0 Å². The minimum atomic E-state index is -3.79. The number of hydrogen-bond acceptors (Lipinski definition) is 3. The van der Waals surface area contributed by atoms with Crippen molar-refractivity contribution in [3.8, 4) is 0 Å². The molecule has 4 rings (SSSR count). The third kappa shape index (κ3) is 4.36. The maximum absolute atomic E-state index is 12.8. The molecule has 150 valence electrons. The molecule has 3 N–H and O–H groups in total. The summed E-state index contributed by atoms with van der Waals surface area (Å²) in [5.41, 5.74) is 3.22. The van der Waals surface area contributed by atoms with Gasteiger partial charge in [0.05, 0.1) is 11.4 Å². The summed E-state index contributed by atoms with van der Waals surface area (Å²) in [6.45, 7) is 0.922. The van der Waals surface area contributed by atoms with E-state index in [2.05, 4.69) is 19.3 Å². The first-order valence-corrected chi connectivity index (χ1v) is 10.9. The molecule has 0 spiro atoms. The van der Waals surface area contributed by atoms with Crippen molar-refractivity contribution in [2.45, 2.75) is 6.42 Å². The topological polar surface area (TPSA) is 77.2 Å². The van der Waals surface area contributed by atoms with E-state index in [9.17, 15) is 8.42 Å². The summed E-state index contributed by atoms with van der Waals surface area (Å²) in [5.74, 6) is 0. The van der Waals surface area contributed by atoms with Gasteiger partial charge in [0, 0.05) is 29.0 Å². The molecule has 0 amide bonds. The SMILES string of the molecule is CN(C)CCc1c[nH]c2ccc(NS(=O)(=O)Nc3cccc4ccccc34)cc12. The highest BCUT2D eigenvalue weighted by Gasteiger charge is 2.13. The monoisotopic (exact) mass is 408 g/mol. The molecule has 0 aliphatic carbocycles. The van der Waals surface area contributed by atoms with Crippen molar-refractivity contribution in [1.29, 1.82) is 0 Å². The first kappa shape index (κ1) is 19.3. The number of benzene rings is 3. The van der Waals surface area contributed by atoms with E-state index >= 15 is 0 Å². The fourth-order valence-corrected chi connectivity index (χ4v) is 4.39. The molecule has 1 heterocycles. The fraction of sp³-hybridized carbons (Fsp3) is 0.182. The lowest BCUT2D eigenvalue weighted by Crippen LogP contribution is -2.21. The van der Waals surface area contributed by atoms with E-state index in [4.69, 9.17) is 0 Å². The highest BCUT2D eigenvalue weighted by molar-refractivity contribution is 7.94. The zero-order valence-corrected chi connectivity index (χ0v) is 17.3. The van der Waals surface area contributed by atoms with E-state index in [-0.39, 0.29) is 0 Å². The molecule has 0 fully saturated rings. The summed E-state index contributed by atoms with van der Waals surface area (Å²) in [7, 11) is 0.282. The number of H-pyrrole nitrogens is 1. The van der Waals surface area contributed by atoms with E-state index in [1.165, 1.54) is 0 Å². The first-order chi connectivity index (χ1) is 13.9. The van der Waals surface area contributed by atoms with E-state index < -0.39 is 10.2 Å². The molecule has 29 heavy (non-hydrogen) atoms. The Morgan fingerprint density at radius 3 is 2.55 bits per heavy atom. The van der Waals surface area contributed by atoms with Gasteiger partial charge in [0.1, 0.15) is 0 Å². The number of aromatic nitrogens is 1. The summed E-state index contributed by atoms with van der Waals surface area (Å²) in [5, 5.41) is 2.86. The minimum absolute atomic E-state index is 0.524. The molecule has 6 nitrogen and oxygen atoms in total. The van der Waals surface area contributed by atoms with Crippen molar-refractivity contribution in [1.82, 2.24) is 9.88 Å². The second kappa shape index (κ2) is 7.77. The largest absolute Gasteiger partial charge is 0.361 e. The second-order valence-corrected chi connectivity index (χ2v) is 8.78. The van der Waals surface area contributed by atoms with E-state index in [1.807, 2.05) is 68.8 Å². The Labute approximate surface area is 170 Å². The smallest absolute Gasteiger partial charge is 0.321 e. The van der Waals surface area contributed by atoms with Crippen LogP contribution < -0.4 is 9.44 Å². The van der Waals surface area contributed by atoms with Gasteiger partial charge >= 0.3 is 10.2 Å². The number of rotatable bonds is 7. The van der Waals surface area contributed by atoms with Crippen molar-refractivity contribution in [2.24, 2.45) is 0 Å². The molecule has 0 saturated carbocycles. The van der Waals surface area contributed by atoms with Crippen molar-refractivity contribution in [2.75, 3.05) is 30.1 Å². The number of nitrogens with zero attached hydrogens (tertiary/aromatic N) is 1. The van der Waals surface area contributed by atoms with Gasteiger partial charge in [-0.1, -0.05) is 36.4 Å². The Balaban J connectivity index is 1.59. The summed E-state index contributed by atoms with van der Waals surface area (Å²) in [6.07, 6.45) is 2.87. The predicted molar refractivity (Wildman–Crippen MR) is 121 cm³/mol. The molecular formula is C22H24N4O2S. The zero-order valence-electron chi connectivity index (χ0n) is 16.4. The number of hydrogen-bond donors (Lipinski definition) is 3. The number of fused-ring (bicyclic) bond motifs is 2. The van der Waals surface area contributed by atoms with Crippen LogP contribution in [0.3, 0.4) is 0 Å². The molecule has 0 aliphatic heterocycles. The Morgan fingerprint density at radius 2 is 1.72 bits per heavy atom. The van der Waals surface area contributed by atoms with Crippen molar-refractivity contribution in [3.05, 3.63) is 72.4 Å². The molecule has 0 aliphatic rings. The van der Waals surface area contributed by atoms with Gasteiger partial charge < -0.3 is 9.88 Å². The van der Waals surface area contributed by atoms with Crippen LogP contribution in [-0.4, -0.2) is 38.9 Å². The number of anilines is 2. The van der Waals surface area contributed by atoms with Crippen LogP contribution >= 0.6 is 0 Å². The van der Waals surface area contributed by atoms with Gasteiger partial charge in [0.2, 0.25) is 0 Å². The average molecular weight is 409 g/mol. The van der Waals surface area contributed by atoms with Crippen LogP contribution in [0.15, 0.2) is 66.9 Å². The second-order valence-electron chi connectivity index (χ2n) is 7.36. The minimum Gasteiger partial charge on any atom is -0.361 e. The summed E-state index contributed by atoms with van der Waals surface area (Å²) in [4.78, 5) is 5.38. The maximum Gasteiger partial charge on any atom is 0.321 e. The Hall–Kier alpha value is -3.03. The average Bonchev–Trinajstić information content (AvgIpc) is 3.08. The Bertz CT molecular complexity index is 1260. The third-order valence-corrected chi connectivity index (χ3v) is 5.88. The van der Waals surface area contributed by atoms with Crippen LogP contribution in [0.4, 0.5) is 11.4 Å². The lowest BCUT2D eigenvalue weighted by Gasteiger charge is -2.13. The van der Waals surface area contributed by atoms with Gasteiger partial charge in [-0.25, -0.2) is 0 Å². The standard InChI is InChI=1S/C22H24N4O2S/c1-26(2)13-12-17-15-23-21-11-10-18(14-20(17)21)24-29(27,28)25-22-9-5-7-16-6-3-4-8-19(16)22/h3-11,14-15,23-25H,12-13H2,1-2H3. The highest BCUT2D eigenvalue weighted by Crippen LogP contribution is 2.26. The maximum atomic E-state index is 12.8. The quantitative estimate of drug-likeness (QED) is 0.429. The molecule has 7 heteroatoms. The summed E-state index contributed by atoms with van der Waals surface area (Å²) < 4.78 is 30.8. The van der Waals surface area contributed by atoms with E-state index in [1.54, 1.807) is 12.1 Å². The molecule has 4 aromatic rings. The predicted octanol–water partition coefficient (Wildman–Crippen LogP) is 4.19. The molecular weight excluding hydrogens is 384 g/mol. The van der Waals surface area contributed by atoms with Crippen LogP contribution in [0.5, 0.6) is 0 Å². The van der Waals surface area contributed by atoms with E-state index in [0.29, 0.717) is 11.4 Å². The molecule has 0 bridgehead atoms. The van der Waals surface area contributed by atoms with E-state index in [0.717, 1.165) is 40.2 Å². The normalized spacial score (nSPS) is 12.0. The Kier molecular flexibility index (Phi) is 5.17. The Morgan fingerprint density at radius 1 is 0.931 bits per heavy atom. The van der Waals surface area contributed by atoms with Crippen molar-refractivity contribution >= 4 is 43.3 Å². The molecule has 0 unspecified atom stereocenters. The number of nitrogens with one attached hydrogen (secondary N) is 3. The molecule has 3 aromatic carbocycles. The lowest BCUT2D eigenvalue weighted by atomic mass is 10.1. The lowest BCUT2D eigenvalue weighted by molar-refractivity contribution is 0.414. The van der Waals surface area contributed by atoms with Crippen LogP contribution in [0.1, 0.15) is 5.56 Å². The molecule has 1 aromatic heterocycles. The molecule has 0 saturated heterocycles. The van der Waals surface area contributed by atoms with Gasteiger partial charge in [-0.05, 0) is 55.7 Å². The van der Waals surface area contributed by atoms with Crippen LogP contribution in [0, 0.1) is 0 Å². The third-order valence-electron chi connectivity index (χ3n) is 4.88. The number of aromatic amines is 1. The van der Waals surface area contributed by atoms with Gasteiger partial charge in [0.25, 0.3) is 0 Å². The van der Waals surface area contributed by atoms with Crippen molar-refractivity contribution in [3.63, 3.8) is 0 Å². The fourth-order valence-electron chi connectivity index (χ4n) is 3.43. The van der Waals surface area contributed by atoms with Gasteiger partial charge in [0.15, 0.2) is 0 Å².